The number of hydroxylamine groups is 1. The topological polar surface area (TPSA) is 67.6 Å². The molecule has 3 N–H and O–H groups in total. The Morgan fingerprint density at radius 2 is 2.36 bits per heavy atom. The first-order chi connectivity index (χ1) is 6.77. The molecule has 5 heteroatoms. The van der Waals surface area contributed by atoms with Crippen LogP contribution in [0.1, 0.15) is 19.3 Å². The molecule has 0 aromatic rings. The first kappa shape index (κ1) is 9.89. The second-order valence-electron chi connectivity index (χ2n) is 4.01. The number of hydrogen-bond donors (Lipinski definition) is 2. The van der Waals surface area contributed by atoms with Gasteiger partial charge in [0.05, 0.1) is 0 Å². The Morgan fingerprint density at radius 3 is 3.14 bits per heavy atom. The molecule has 2 fully saturated rings. The highest BCUT2D eigenvalue weighted by Gasteiger charge is 2.37. The molecule has 1 amide bonds. The van der Waals surface area contributed by atoms with Crippen LogP contribution in [-0.2, 0) is 9.63 Å². The average molecular weight is 199 g/mol. The van der Waals surface area contributed by atoms with Crippen LogP contribution in [0.25, 0.3) is 0 Å². The average Bonchev–Trinajstić information content (AvgIpc) is 2.67. The van der Waals surface area contributed by atoms with Crippen molar-refractivity contribution in [2.75, 3.05) is 19.7 Å². The Morgan fingerprint density at radius 1 is 1.50 bits per heavy atom. The lowest BCUT2D eigenvalue weighted by molar-refractivity contribution is -0.126. The third-order valence-corrected chi connectivity index (χ3v) is 3.06. The van der Waals surface area contributed by atoms with Gasteiger partial charge in [0.2, 0.25) is 5.91 Å². The van der Waals surface area contributed by atoms with Gasteiger partial charge in [-0.05, 0) is 25.8 Å². The molecule has 2 aliphatic heterocycles. The minimum absolute atomic E-state index is 0.0385. The SMILES string of the molecule is NC(=O)CONC1CCN2CCCC12. The fourth-order valence-corrected chi connectivity index (χ4v) is 2.44. The van der Waals surface area contributed by atoms with Gasteiger partial charge in [-0.15, -0.1) is 0 Å². The molecule has 0 aromatic heterocycles. The molecule has 0 bridgehead atoms. The van der Waals surface area contributed by atoms with Gasteiger partial charge >= 0.3 is 0 Å². The summed E-state index contributed by atoms with van der Waals surface area (Å²) < 4.78 is 0. The third kappa shape index (κ3) is 2.05. The van der Waals surface area contributed by atoms with Gasteiger partial charge in [0, 0.05) is 18.6 Å². The van der Waals surface area contributed by atoms with Crippen LogP contribution >= 0.6 is 0 Å². The number of fused-ring (bicyclic) bond motifs is 1. The van der Waals surface area contributed by atoms with Gasteiger partial charge in [0.1, 0.15) is 6.61 Å². The number of carbonyl (C=O) groups is 1. The van der Waals surface area contributed by atoms with Crippen molar-refractivity contribution in [1.29, 1.82) is 0 Å². The van der Waals surface area contributed by atoms with Crippen molar-refractivity contribution >= 4 is 5.91 Å². The molecule has 0 spiro atoms. The molecule has 0 aromatic carbocycles. The maximum Gasteiger partial charge on any atom is 0.245 e. The normalized spacial score (nSPS) is 32.0. The van der Waals surface area contributed by atoms with Crippen molar-refractivity contribution in [2.24, 2.45) is 5.73 Å². The van der Waals surface area contributed by atoms with E-state index in [1.807, 2.05) is 0 Å². The van der Waals surface area contributed by atoms with Crippen molar-refractivity contribution in [2.45, 2.75) is 31.3 Å². The monoisotopic (exact) mass is 199 g/mol. The molecule has 0 aliphatic carbocycles. The fraction of sp³-hybridized carbons (Fsp3) is 0.889. The van der Waals surface area contributed by atoms with Gasteiger partial charge in [-0.2, -0.15) is 5.48 Å². The van der Waals surface area contributed by atoms with Gasteiger partial charge in [-0.3, -0.25) is 14.5 Å². The zero-order valence-electron chi connectivity index (χ0n) is 8.24. The fourth-order valence-electron chi connectivity index (χ4n) is 2.44. The lowest BCUT2D eigenvalue weighted by Crippen LogP contribution is -2.40. The number of nitrogens with zero attached hydrogens (tertiary/aromatic N) is 1. The number of amides is 1. The van der Waals surface area contributed by atoms with E-state index in [4.69, 9.17) is 10.6 Å². The summed E-state index contributed by atoms with van der Waals surface area (Å²) in [6.45, 7) is 2.31. The number of carbonyl (C=O) groups excluding carboxylic acids is 1. The summed E-state index contributed by atoms with van der Waals surface area (Å²) in [6.07, 6.45) is 3.61. The molecule has 5 nitrogen and oxygen atoms in total. The minimum Gasteiger partial charge on any atom is -0.368 e. The number of rotatable bonds is 4. The van der Waals surface area contributed by atoms with Crippen LogP contribution in [0, 0.1) is 0 Å². The van der Waals surface area contributed by atoms with E-state index in [0.29, 0.717) is 12.1 Å². The van der Waals surface area contributed by atoms with E-state index in [0.717, 1.165) is 13.0 Å². The van der Waals surface area contributed by atoms with Crippen LogP contribution in [0.5, 0.6) is 0 Å². The van der Waals surface area contributed by atoms with Crippen molar-refractivity contribution in [3.8, 4) is 0 Å². The molecule has 0 saturated carbocycles. The lowest BCUT2D eigenvalue weighted by Gasteiger charge is -2.20. The van der Waals surface area contributed by atoms with Crippen LogP contribution in [0.4, 0.5) is 0 Å². The second kappa shape index (κ2) is 4.25. The minimum atomic E-state index is -0.432. The smallest absolute Gasteiger partial charge is 0.245 e. The van der Waals surface area contributed by atoms with Crippen LogP contribution in [0.15, 0.2) is 0 Å². The molecule has 2 unspecified atom stereocenters. The zero-order valence-corrected chi connectivity index (χ0v) is 8.24. The second-order valence-corrected chi connectivity index (χ2v) is 4.01. The highest BCUT2D eigenvalue weighted by molar-refractivity contribution is 5.74. The van der Waals surface area contributed by atoms with Gasteiger partial charge in [-0.25, -0.2) is 0 Å². The number of hydrogen-bond acceptors (Lipinski definition) is 4. The Balaban J connectivity index is 1.73. The summed E-state index contributed by atoms with van der Waals surface area (Å²) in [7, 11) is 0. The maximum atomic E-state index is 10.4. The van der Waals surface area contributed by atoms with Gasteiger partial charge in [-0.1, -0.05) is 0 Å². The summed E-state index contributed by atoms with van der Waals surface area (Å²) in [6, 6.07) is 0.972. The highest BCUT2D eigenvalue weighted by Crippen LogP contribution is 2.27. The molecule has 14 heavy (non-hydrogen) atoms. The molecule has 80 valence electrons. The van der Waals surface area contributed by atoms with Gasteiger partial charge in [0.25, 0.3) is 0 Å². The molecule has 2 atom stereocenters. The van der Waals surface area contributed by atoms with E-state index in [9.17, 15) is 4.79 Å². The van der Waals surface area contributed by atoms with Crippen LogP contribution in [0.2, 0.25) is 0 Å². The molecular formula is C9H17N3O2. The van der Waals surface area contributed by atoms with E-state index in [1.165, 1.54) is 19.4 Å². The first-order valence-electron chi connectivity index (χ1n) is 5.17. The van der Waals surface area contributed by atoms with Crippen molar-refractivity contribution in [1.82, 2.24) is 10.4 Å². The predicted octanol–water partition coefficient (Wildman–Crippen LogP) is -0.770. The Hall–Kier alpha value is -0.650. The van der Waals surface area contributed by atoms with E-state index in [1.54, 1.807) is 0 Å². The first-order valence-corrected chi connectivity index (χ1v) is 5.17. The maximum absolute atomic E-state index is 10.4. The summed E-state index contributed by atoms with van der Waals surface area (Å²) >= 11 is 0. The van der Waals surface area contributed by atoms with E-state index < -0.39 is 5.91 Å². The number of nitrogens with one attached hydrogen (secondary N) is 1. The Bertz CT molecular complexity index is 222. The van der Waals surface area contributed by atoms with Gasteiger partial charge < -0.3 is 5.73 Å². The van der Waals surface area contributed by atoms with Crippen molar-refractivity contribution < 1.29 is 9.63 Å². The van der Waals surface area contributed by atoms with Crippen molar-refractivity contribution in [3.05, 3.63) is 0 Å². The van der Waals surface area contributed by atoms with E-state index in [2.05, 4.69) is 10.4 Å². The zero-order chi connectivity index (χ0) is 9.97. The number of primary amides is 1. The highest BCUT2D eigenvalue weighted by atomic mass is 16.6. The summed E-state index contributed by atoms with van der Waals surface area (Å²) in [5.74, 6) is -0.432. The van der Waals surface area contributed by atoms with Crippen LogP contribution in [0.3, 0.4) is 0 Å². The third-order valence-electron chi connectivity index (χ3n) is 3.06. The largest absolute Gasteiger partial charge is 0.368 e. The summed E-state index contributed by atoms with van der Waals surface area (Å²) in [4.78, 5) is 18.0. The Labute approximate surface area is 83.5 Å². The van der Waals surface area contributed by atoms with Crippen LogP contribution in [-0.4, -0.2) is 42.6 Å². The van der Waals surface area contributed by atoms with E-state index in [-0.39, 0.29) is 6.61 Å². The van der Waals surface area contributed by atoms with Crippen LogP contribution < -0.4 is 11.2 Å². The summed E-state index contributed by atoms with van der Waals surface area (Å²) in [5.41, 5.74) is 7.91. The Kier molecular flexibility index (Phi) is 3.00. The number of nitrogens with two attached hydrogens (primary N) is 1. The molecular weight excluding hydrogens is 182 g/mol. The summed E-state index contributed by atoms with van der Waals surface area (Å²) in [5, 5.41) is 0. The van der Waals surface area contributed by atoms with Gasteiger partial charge in [0.15, 0.2) is 0 Å². The standard InChI is InChI=1S/C9H17N3O2/c10-9(13)6-14-11-7-3-5-12-4-1-2-8(7)12/h7-8,11H,1-6H2,(H2,10,13). The molecule has 2 heterocycles. The predicted molar refractivity (Wildman–Crippen MR) is 51.3 cm³/mol. The van der Waals surface area contributed by atoms with E-state index >= 15 is 0 Å². The molecule has 0 radical (unpaired) electrons. The lowest BCUT2D eigenvalue weighted by atomic mass is 10.1. The molecule has 2 saturated heterocycles. The quantitative estimate of drug-likeness (QED) is 0.583. The molecule has 2 aliphatic rings. The van der Waals surface area contributed by atoms with Crippen molar-refractivity contribution in [3.63, 3.8) is 0 Å². The molecule has 2 rings (SSSR count).